The van der Waals surface area contributed by atoms with Gasteiger partial charge in [0.05, 0.1) is 6.61 Å². The average Bonchev–Trinajstić information content (AvgIpc) is 2.35. The Kier molecular flexibility index (Phi) is 2.43. The molecule has 0 saturated heterocycles. The van der Waals surface area contributed by atoms with Crippen molar-refractivity contribution < 1.29 is 21.6 Å². The highest BCUT2D eigenvalue weighted by molar-refractivity contribution is 7.86. The van der Waals surface area contributed by atoms with E-state index < -0.39 is 15.3 Å². The smallest absolute Gasteiger partial charge is 0.368 e. The van der Waals surface area contributed by atoms with Crippen LogP contribution >= 0.6 is 0 Å². The zero-order valence-corrected chi connectivity index (χ0v) is 6.97. The summed E-state index contributed by atoms with van der Waals surface area (Å²) in [6, 6.07) is 0.971. The summed E-state index contributed by atoms with van der Waals surface area (Å²) in [6.07, 6.45) is 0. The van der Waals surface area contributed by atoms with Gasteiger partial charge in [-0.25, -0.2) is 0 Å². The van der Waals surface area contributed by atoms with E-state index in [-0.39, 0.29) is 12.3 Å². The lowest BCUT2D eigenvalue weighted by atomic mass is 10.5. The van der Waals surface area contributed by atoms with Crippen LogP contribution in [0, 0.1) is 0 Å². The van der Waals surface area contributed by atoms with Gasteiger partial charge in [-0.2, -0.15) is 8.42 Å². The van der Waals surface area contributed by atoms with Gasteiger partial charge in [0, 0.05) is 13.2 Å². The number of nitrogens with zero attached hydrogens (tertiary/aromatic N) is 1. The summed E-state index contributed by atoms with van der Waals surface area (Å²) in [5, 5.41) is 2.46. The molecule has 0 radical (unpaired) electrons. The van der Waals surface area contributed by atoms with Crippen LogP contribution < -0.4 is 0 Å². The van der Waals surface area contributed by atoms with E-state index >= 15 is 0 Å². The number of halogens is 1. The molecule has 0 atom stereocenters. The molecular formula is C5H6FNO4S. The highest BCUT2D eigenvalue weighted by Gasteiger charge is 2.18. The Morgan fingerprint density at radius 1 is 1.75 bits per heavy atom. The first-order valence-electron chi connectivity index (χ1n) is 2.93. The van der Waals surface area contributed by atoms with E-state index in [4.69, 9.17) is 0 Å². The van der Waals surface area contributed by atoms with Crippen LogP contribution in [0.3, 0.4) is 0 Å². The van der Waals surface area contributed by atoms with Crippen molar-refractivity contribution in [3.63, 3.8) is 0 Å². The Bertz CT molecular complexity index is 357. The van der Waals surface area contributed by atoms with E-state index in [2.05, 4.69) is 14.4 Å². The van der Waals surface area contributed by atoms with Gasteiger partial charge in [0.1, 0.15) is 5.69 Å². The largest absolute Gasteiger partial charge is 0.378 e. The molecule has 0 aromatic carbocycles. The fourth-order valence-corrected chi connectivity index (χ4v) is 1.03. The fraction of sp³-hybridized carbons (Fsp3) is 0.400. The van der Waals surface area contributed by atoms with Crippen LogP contribution in [0.1, 0.15) is 5.69 Å². The van der Waals surface area contributed by atoms with Crippen molar-refractivity contribution in [3.8, 4) is 0 Å². The lowest BCUT2D eigenvalue weighted by molar-refractivity contribution is 0.176. The van der Waals surface area contributed by atoms with Crippen LogP contribution in [0.15, 0.2) is 15.7 Å². The van der Waals surface area contributed by atoms with E-state index in [9.17, 15) is 12.3 Å². The van der Waals surface area contributed by atoms with E-state index in [1.807, 2.05) is 0 Å². The Labute approximate surface area is 68.3 Å². The topological polar surface area (TPSA) is 69.4 Å². The summed E-state index contributed by atoms with van der Waals surface area (Å²) >= 11 is 0. The second kappa shape index (κ2) is 3.20. The van der Waals surface area contributed by atoms with Crippen LogP contribution in [0.2, 0.25) is 0 Å². The zero-order valence-electron chi connectivity index (χ0n) is 6.15. The molecule has 0 spiro atoms. The molecule has 0 aliphatic carbocycles. The lowest BCUT2D eigenvalue weighted by Crippen LogP contribution is -1.88. The molecule has 0 saturated carbocycles. The maximum atomic E-state index is 12.2. The predicted molar refractivity (Wildman–Crippen MR) is 35.5 cm³/mol. The normalized spacial score (nSPS) is 11.8. The molecule has 1 aromatic rings. The fourth-order valence-electron chi connectivity index (χ4n) is 0.623. The highest BCUT2D eigenvalue weighted by atomic mass is 32.3. The van der Waals surface area contributed by atoms with Gasteiger partial charge in [-0.05, 0) is 0 Å². The summed E-state index contributed by atoms with van der Waals surface area (Å²) in [4.78, 5) is 0. The first-order valence-corrected chi connectivity index (χ1v) is 4.31. The third-order valence-corrected chi connectivity index (χ3v) is 1.74. The monoisotopic (exact) mass is 195 g/mol. The van der Waals surface area contributed by atoms with E-state index in [0.29, 0.717) is 0 Å². The standard InChI is InChI=1S/C5H6FNO4S/c1-10-3-4-2-5(11-7-4)12(6,8)9/h2H,3H2,1H3. The van der Waals surface area contributed by atoms with Crippen LogP contribution in [0.25, 0.3) is 0 Å². The Balaban J connectivity index is 2.92. The Morgan fingerprint density at radius 3 is 2.83 bits per heavy atom. The second-order valence-electron chi connectivity index (χ2n) is 2.01. The molecule has 12 heavy (non-hydrogen) atoms. The van der Waals surface area contributed by atoms with Crippen LogP contribution in [0.5, 0.6) is 0 Å². The van der Waals surface area contributed by atoms with Crippen LogP contribution in [0.4, 0.5) is 3.89 Å². The van der Waals surface area contributed by atoms with Crippen molar-refractivity contribution in [3.05, 3.63) is 11.8 Å². The summed E-state index contributed by atoms with van der Waals surface area (Å²) < 4.78 is 41.4. The van der Waals surface area contributed by atoms with Gasteiger partial charge in [-0.3, -0.25) is 0 Å². The van der Waals surface area contributed by atoms with Gasteiger partial charge < -0.3 is 9.26 Å². The Hall–Kier alpha value is -0.950. The molecule has 0 aliphatic rings. The highest BCUT2D eigenvalue weighted by Crippen LogP contribution is 2.13. The van der Waals surface area contributed by atoms with E-state index in [1.54, 1.807) is 0 Å². The summed E-state index contributed by atoms with van der Waals surface area (Å²) in [5.74, 6) is 0. The molecule has 7 heteroatoms. The second-order valence-corrected chi connectivity index (χ2v) is 3.29. The molecule has 0 bridgehead atoms. The van der Waals surface area contributed by atoms with E-state index in [0.717, 1.165) is 6.07 Å². The SMILES string of the molecule is COCc1cc(S(=O)(=O)F)on1. The molecular weight excluding hydrogens is 189 g/mol. The van der Waals surface area contributed by atoms with Gasteiger partial charge in [0.15, 0.2) is 0 Å². The van der Waals surface area contributed by atoms with Gasteiger partial charge >= 0.3 is 10.2 Å². The molecule has 1 aromatic heterocycles. The predicted octanol–water partition coefficient (Wildman–Crippen LogP) is 0.479. The van der Waals surface area contributed by atoms with Crippen LogP contribution in [-0.2, 0) is 21.6 Å². The summed E-state index contributed by atoms with van der Waals surface area (Å²) in [7, 11) is -3.38. The van der Waals surface area contributed by atoms with Crippen molar-refractivity contribution >= 4 is 10.2 Å². The number of hydrogen-bond acceptors (Lipinski definition) is 5. The number of ether oxygens (including phenoxy) is 1. The molecule has 1 rings (SSSR count). The maximum Gasteiger partial charge on any atom is 0.368 e. The third kappa shape index (κ3) is 2.02. The first kappa shape index (κ1) is 9.14. The minimum atomic E-state index is -4.79. The van der Waals surface area contributed by atoms with Crippen molar-refractivity contribution in [2.24, 2.45) is 0 Å². The molecule has 0 amide bonds. The number of methoxy groups -OCH3 is 1. The minimum absolute atomic E-state index is 0.0824. The van der Waals surface area contributed by atoms with Crippen molar-refractivity contribution in [1.82, 2.24) is 5.16 Å². The quantitative estimate of drug-likeness (QED) is 0.656. The van der Waals surface area contributed by atoms with Gasteiger partial charge in [0.25, 0.3) is 5.09 Å². The molecule has 68 valence electrons. The molecule has 0 fully saturated rings. The van der Waals surface area contributed by atoms with Crippen molar-refractivity contribution in [2.45, 2.75) is 11.7 Å². The molecule has 0 N–H and O–H groups in total. The van der Waals surface area contributed by atoms with Gasteiger partial charge in [0.2, 0.25) is 0 Å². The van der Waals surface area contributed by atoms with Crippen molar-refractivity contribution in [1.29, 1.82) is 0 Å². The number of hydrogen-bond donors (Lipinski definition) is 0. The van der Waals surface area contributed by atoms with Gasteiger partial charge in [-0.15, -0.1) is 0 Å². The van der Waals surface area contributed by atoms with E-state index in [1.165, 1.54) is 7.11 Å². The number of rotatable bonds is 3. The molecule has 1 heterocycles. The lowest BCUT2D eigenvalue weighted by Gasteiger charge is -1.86. The van der Waals surface area contributed by atoms with Gasteiger partial charge in [-0.1, -0.05) is 9.04 Å². The molecule has 5 nitrogen and oxygen atoms in total. The molecule has 0 aliphatic heterocycles. The average molecular weight is 195 g/mol. The Morgan fingerprint density at radius 2 is 2.42 bits per heavy atom. The summed E-state index contributed by atoms with van der Waals surface area (Å²) in [5.41, 5.74) is 0.230. The first-order chi connectivity index (χ1) is 5.54. The van der Waals surface area contributed by atoms with Crippen LogP contribution in [-0.4, -0.2) is 20.7 Å². The maximum absolute atomic E-state index is 12.2. The molecule has 0 unspecified atom stereocenters. The number of aromatic nitrogens is 1. The third-order valence-electron chi connectivity index (χ3n) is 1.07. The summed E-state index contributed by atoms with van der Waals surface area (Å²) in [6.45, 7) is 0.0824. The zero-order chi connectivity index (χ0) is 9.19. The van der Waals surface area contributed by atoms with Crippen molar-refractivity contribution in [2.75, 3.05) is 7.11 Å². The minimum Gasteiger partial charge on any atom is -0.378 e.